The summed E-state index contributed by atoms with van der Waals surface area (Å²) in [6.07, 6.45) is 2.31. The molecule has 2 aliphatic heterocycles. The molecule has 5 nitrogen and oxygen atoms in total. The summed E-state index contributed by atoms with van der Waals surface area (Å²) >= 11 is 0. The summed E-state index contributed by atoms with van der Waals surface area (Å²) < 4.78 is 7.83. The molecule has 1 amide bonds. The van der Waals surface area contributed by atoms with Crippen molar-refractivity contribution < 1.29 is 9.53 Å². The van der Waals surface area contributed by atoms with E-state index in [1.807, 2.05) is 47.8 Å². The molecule has 2 aromatic rings. The molecule has 3 heterocycles. The van der Waals surface area contributed by atoms with E-state index in [1.54, 1.807) is 0 Å². The van der Waals surface area contributed by atoms with E-state index in [9.17, 15) is 4.79 Å². The van der Waals surface area contributed by atoms with Gasteiger partial charge >= 0.3 is 0 Å². The minimum absolute atomic E-state index is 0.108. The van der Waals surface area contributed by atoms with Crippen LogP contribution in [-0.4, -0.2) is 33.2 Å². The molecule has 0 aliphatic carbocycles. The van der Waals surface area contributed by atoms with Gasteiger partial charge in [0.05, 0.1) is 11.7 Å². The van der Waals surface area contributed by atoms with Crippen LogP contribution in [-0.2, 0) is 18.3 Å². The summed E-state index contributed by atoms with van der Waals surface area (Å²) in [5.41, 5.74) is 4.50. The molecule has 0 saturated carbocycles. The van der Waals surface area contributed by atoms with Crippen LogP contribution in [0.3, 0.4) is 0 Å². The summed E-state index contributed by atoms with van der Waals surface area (Å²) in [6.45, 7) is 4.91. The summed E-state index contributed by atoms with van der Waals surface area (Å²) in [6, 6.07) is 8.06. The molecule has 2 aliphatic rings. The van der Waals surface area contributed by atoms with E-state index in [0.29, 0.717) is 6.42 Å². The van der Waals surface area contributed by atoms with Gasteiger partial charge in [0.2, 0.25) is 0 Å². The van der Waals surface area contributed by atoms with Gasteiger partial charge in [-0.05, 0) is 38.3 Å². The van der Waals surface area contributed by atoms with Gasteiger partial charge in [0, 0.05) is 31.3 Å². The first-order chi connectivity index (χ1) is 11.6. The lowest BCUT2D eigenvalue weighted by atomic mass is 10.0. The first kappa shape index (κ1) is 15.2. The Labute approximate surface area is 142 Å². The van der Waals surface area contributed by atoms with E-state index >= 15 is 0 Å². The Balaban J connectivity index is 1.59. The fraction of sp³-hybridized carbons (Fsp3) is 0.474. The molecule has 2 atom stereocenters. The number of rotatable bonds is 2. The van der Waals surface area contributed by atoms with Crippen molar-refractivity contribution in [2.45, 2.75) is 45.3 Å². The van der Waals surface area contributed by atoms with E-state index in [-0.39, 0.29) is 18.1 Å². The zero-order valence-corrected chi connectivity index (χ0v) is 14.5. The van der Waals surface area contributed by atoms with Gasteiger partial charge in [0.1, 0.15) is 5.75 Å². The normalized spacial score (nSPS) is 22.5. The molecule has 0 spiro atoms. The van der Waals surface area contributed by atoms with Crippen LogP contribution < -0.4 is 4.74 Å². The number of hydrogen-bond acceptors (Lipinski definition) is 3. The second-order valence-corrected chi connectivity index (χ2v) is 6.82. The first-order valence-electron chi connectivity index (χ1n) is 8.61. The number of nitrogens with zero attached hydrogens (tertiary/aromatic N) is 3. The van der Waals surface area contributed by atoms with Crippen molar-refractivity contribution in [2.75, 3.05) is 6.54 Å². The fourth-order valence-electron chi connectivity index (χ4n) is 4.11. The third-order valence-electron chi connectivity index (χ3n) is 5.36. The Morgan fingerprint density at radius 1 is 1.29 bits per heavy atom. The second kappa shape index (κ2) is 5.65. The van der Waals surface area contributed by atoms with E-state index in [4.69, 9.17) is 4.74 Å². The number of carbonyl (C=O) groups excluding carboxylic acids is 1. The van der Waals surface area contributed by atoms with Crippen molar-refractivity contribution >= 4 is 5.91 Å². The Bertz CT molecular complexity index is 771. The van der Waals surface area contributed by atoms with Crippen LogP contribution in [0, 0.1) is 13.8 Å². The Morgan fingerprint density at radius 3 is 2.79 bits per heavy atom. The van der Waals surface area contributed by atoms with Crippen LogP contribution in [0.25, 0.3) is 0 Å². The molecule has 4 rings (SSSR count). The SMILES string of the molecule is Cc1nn(C)c(C)c1C1CCCN1C(=O)C1Cc2ccccc2O1. The number of benzene rings is 1. The molecule has 24 heavy (non-hydrogen) atoms. The number of aryl methyl sites for hydroxylation is 2. The lowest BCUT2D eigenvalue weighted by Gasteiger charge is -2.27. The number of fused-ring (bicyclic) bond motifs is 1. The van der Waals surface area contributed by atoms with Crippen LogP contribution in [0.2, 0.25) is 0 Å². The average molecular weight is 325 g/mol. The number of aromatic nitrogens is 2. The van der Waals surface area contributed by atoms with E-state index < -0.39 is 0 Å². The maximum Gasteiger partial charge on any atom is 0.264 e. The highest BCUT2D eigenvalue weighted by Gasteiger charge is 2.39. The van der Waals surface area contributed by atoms with E-state index in [1.165, 1.54) is 5.56 Å². The Hall–Kier alpha value is -2.30. The van der Waals surface area contributed by atoms with Gasteiger partial charge in [-0.2, -0.15) is 5.10 Å². The molecule has 1 aromatic heterocycles. The van der Waals surface area contributed by atoms with Crippen LogP contribution in [0.15, 0.2) is 24.3 Å². The number of amides is 1. The summed E-state index contributed by atoms with van der Waals surface area (Å²) in [5.74, 6) is 0.955. The lowest BCUT2D eigenvalue weighted by Crippen LogP contribution is -2.41. The monoisotopic (exact) mass is 325 g/mol. The molecular formula is C19H23N3O2. The average Bonchev–Trinajstić information content (AvgIpc) is 3.25. The predicted octanol–water partition coefficient (Wildman–Crippen LogP) is 2.70. The van der Waals surface area contributed by atoms with Gasteiger partial charge < -0.3 is 9.64 Å². The minimum Gasteiger partial charge on any atom is -0.480 e. The maximum atomic E-state index is 13.1. The summed E-state index contributed by atoms with van der Waals surface area (Å²) in [5, 5.41) is 4.53. The topological polar surface area (TPSA) is 47.4 Å². The Kier molecular flexibility index (Phi) is 3.59. The van der Waals surface area contributed by atoms with Crippen molar-refractivity contribution in [3.63, 3.8) is 0 Å². The smallest absolute Gasteiger partial charge is 0.264 e. The van der Waals surface area contributed by atoms with Crippen LogP contribution >= 0.6 is 0 Å². The van der Waals surface area contributed by atoms with E-state index in [0.717, 1.165) is 42.1 Å². The summed E-state index contributed by atoms with van der Waals surface area (Å²) in [7, 11) is 1.96. The highest BCUT2D eigenvalue weighted by atomic mass is 16.5. The van der Waals surface area contributed by atoms with E-state index in [2.05, 4.69) is 12.0 Å². The molecule has 126 valence electrons. The molecule has 1 saturated heterocycles. The minimum atomic E-state index is -0.389. The summed E-state index contributed by atoms with van der Waals surface area (Å²) in [4.78, 5) is 15.1. The Morgan fingerprint density at radius 2 is 2.08 bits per heavy atom. The molecule has 2 unspecified atom stereocenters. The zero-order valence-electron chi connectivity index (χ0n) is 14.5. The van der Waals surface area contributed by atoms with Gasteiger partial charge in [-0.1, -0.05) is 18.2 Å². The van der Waals surface area contributed by atoms with Crippen molar-refractivity contribution in [1.29, 1.82) is 0 Å². The number of carbonyl (C=O) groups is 1. The van der Waals surface area contributed by atoms with Crippen LogP contribution in [0.5, 0.6) is 5.75 Å². The van der Waals surface area contributed by atoms with Gasteiger partial charge in [-0.3, -0.25) is 9.48 Å². The fourth-order valence-corrected chi connectivity index (χ4v) is 4.11. The zero-order chi connectivity index (χ0) is 16.8. The van der Waals surface area contributed by atoms with Crippen LogP contribution in [0.4, 0.5) is 0 Å². The largest absolute Gasteiger partial charge is 0.480 e. The number of hydrogen-bond donors (Lipinski definition) is 0. The third-order valence-corrected chi connectivity index (χ3v) is 5.36. The molecule has 5 heteroatoms. The molecular weight excluding hydrogens is 302 g/mol. The van der Waals surface area contributed by atoms with Crippen molar-refractivity contribution in [3.05, 3.63) is 46.8 Å². The van der Waals surface area contributed by atoms with Gasteiger partial charge in [0.25, 0.3) is 5.91 Å². The first-order valence-corrected chi connectivity index (χ1v) is 8.61. The van der Waals surface area contributed by atoms with Crippen molar-refractivity contribution in [2.24, 2.45) is 7.05 Å². The third kappa shape index (κ3) is 2.30. The van der Waals surface area contributed by atoms with Crippen molar-refractivity contribution in [1.82, 2.24) is 14.7 Å². The van der Waals surface area contributed by atoms with Gasteiger partial charge in [-0.15, -0.1) is 0 Å². The predicted molar refractivity (Wildman–Crippen MR) is 90.9 cm³/mol. The van der Waals surface area contributed by atoms with Gasteiger partial charge in [-0.25, -0.2) is 0 Å². The highest BCUT2D eigenvalue weighted by Crippen LogP contribution is 2.37. The number of likely N-dealkylation sites (tertiary alicyclic amines) is 1. The standard InChI is InChI=1S/C19H23N3O2/c1-12-18(13(2)21(3)20-12)15-8-6-10-22(15)19(23)17-11-14-7-4-5-9-16(14)24-17/h4-5,7,9,15,17H,6,8,10-11H2,1-3H3. The molecule has 0 N–H and O–H groups in total. The van der Waals surface area contributed by atoms with Crippen LogP contribution in [0.1, 0.15) is 41.4 Å². The maximum absolute atomic E-state index is 13.1. The highest BCUT2D eigenvalue weighted by molar-refractivity contribution is 5.83. The number of ether oxygens (including phenoxy) is 1. The van der Waals surface area contributed by atoms with Gasteiger partial charge in [0.15, 0.2) is 6.10 Å². The number of para-hydroxylation sites is 1. The lowest BCUT2D eigenvalue weighted by molar-refractivity contribution is -0.138. The molecule has 0 bridgehead atoms. The molecule has 1 aromatic carbocycles. The quantitative estimate of drug-likeness (QED) is 0.853. The second-order valence-electron chi connectivity index (χ2n) is 6.82. The van der Waals surface area contributed by atoms with Crippen molar-refractivity contribution in [3.8, 4) is 5.75 Å². The molecule has 0 radical (unpaired) electrons. The molecule has 1 fully saturated rings.